The van der Waals surface area contributed by atoms with Crippen molar-refractivity contribution in [2.24, 2.45) is 5.92 Å². The molecule has 21 heavy (non-hydrogen) atoms. The van der Waals surface area contributed by atoms with Crippen LogP contribution in [0.4, 0.5) is 18.9 Å². The van der Waals surface area contributed by atoms with Crippen LogP contribution in [0.1, 0.15) is 25.3 Å². The first kappa shape index (κ1) is 15.8. The number of carbonyl (C=O) groups excluding carboxylic acids is 1. The van der Waals surface area contributed by atoms with Crippen molar-refractivity contribution in [3.8, 4) is 0 Å². The first-order chi connectivity index (χ1) is 9.84. The van der Waals surface area contributed by atoms with Crippen LogP contribution in [0.15, 0.2) is 24.3 Å². The molecule has 0 aromatic heterocycles. The Balaban J connectivity index is 1.85. The third kappa shape index (κ3) is 4.74. The highest BCUT2D eigenvalue weighted by molar-refractivity contribution is 5.91. The lowest BCUT2D eigenvalue weighted by Crippen LogP contribution is -3.14. The van der Waals surface area contributed by atoms with Crippen molar-refractivity contribution in [1.82, 2.24) is 0 Å². The van der Waals surface area contributed by atoms with E-state index in [1.165, 1.54) is 17.0 Å². The SMILES string of the molecule is CC1CC[NH+](CC(=O)Nc2ccc(C(F)(F)F)cc2)CC1. The van der Waals surface area contributed by atoms with Crippen molar-refractivity contribution < 1.29 is 22.9 Å². The van der Waals surface area contributed by atoms with Crippen LogP contribution < -0.4 is 10.2 Å². The van der Waals surface area contributed by atoms with E-state index in [1.807, 2.05) is 0 Å². The molecule has 0 radical (unpaired) electrons. The lowest BCUT2D eigenvalue weighted by atomic mass is 9.99. The summed E-state index contributed by atoms with van der Waals surface area (Å²) in [5.41, 5.74) is -0.311. The van der Waals surface area contributed by atoms with Crippen molar-refractivity contribution in [2.45, 2.75) is 25.9 Å². The summed E-state index contributed by atoms with van der Waals surface area (Å²) in [6.45, 7) is 4.52. The molecule has 1 aromatic rings. The van der Waals surface area contributed by atoms with Crippen LogP contribution in [0.2, 0.25) is 0 Å². The molecule has 2 rings (SSSR count). The number of likely N-dealkylation sites (tertiary alicyclic amines) is 1. The third-order valence-corrected chi connectivity index (χ3v) is 3.89. The van der Waals surface area contributed by atoms with Gasteiger partial charge in [0.1, 0.15) is 0 Å². The zero-order valence-corrected chi connectivity index (χ0v) is 12.0. The van der Waals surface area contributed by atoms with Gasteiger partial charge in [-0.3, -0.25) is 4.79 Å². The summed E-state index contributed by atoms with van der Waals surface area (Å²) >= 11 is 0. The van der Waals surface area contributed by atoms with E-state index in [0.29, 0.717) is 18.2 Å². The molecule has 0 atom stereocenters. The summed E-state index contributed by atoms with van der Waals surface area (Å²) < 4.78 is 37.3. The summed E-state index contributed by atoms with van der Waals surface area (Å²) in [5.74, 6) is 0.561. The van der Waals surface area contributed by atoms with E-state index in [0.717, 1.165) is 38.1 Å². The van der Waals surface area contributed by atoms with Crippen LogP contribution >= 0.6 is 0 Å². The van der Waals surface area contributed by atoms with Gasteiger partial charge in [0, 0.05) is 5.69 Å². The molecule has 0 spiro atoms. The second kappa shape index (κ2) is 6.47. The standard InChI is InChI=1S/C15H19F3N2O/c1-11-6-8-20(9-7-11)10-14(21)19-13-4-2-12(3-5-13)15(16,17)18/h2-5,11H,6-10H2,1H3,(H,19,21)/p+1. The fraction of sp³-hybridized carbons (Fsp3) is 0.533. The number of carbonyl (C=O) groups is 1. The first-order valence-electron chi connectivity index (χ1n) is 7.15. The quantitative estimate of drug-likeness (QED) is 0.879. The van der Waals surface area contributed by atoms with E-state index in [1.54, 1.807) is 0 Å². The largest absolute Gasteiger partial charge is 0.416 e. The number of alkyl halides is 3. The van der Waals surface area contributed by atoms with Gasteiger partial charge in [-0.1, -0.05) is 6.92 Å². The van der Waals surface area contributed by atoms with Crippen molar-refractivity contribution in [3.05, 3.63) is 29.8 Å². The van der Waals surface area contributed by atoms with Crippen molar-refractivity contribution in [3.63, 3.8) is 0 Å². The predicted octanol–water partition coefficient (Wildman–Crippen LogP) is 1.96. The van der Waals surface area contributed by atoms with Gasteiger partial charge in [-0.15, -0.1) is 0 Å². The zero-order valence-electron chi connectivity index (χ0n) is 12.0. The average Bonchev–Trinajstić information content (AvgIpc) is 2.41. The van der Waals surface area contributed by atoms with Gasteiger partial charge in [-0.2, -0.15) is 13.2 Å². The van der Waals surface area contributed by atoms with Gasteiger partial charge in [0.15, 0.2) is 6.54 Å². The number of rotatable bonds is 3. The second-order valence-corrected chi connectivity index (χ2v) is 5.73. The Morgan fingerprint density at radius 1 is 1.24 bits per heavy atom. The van der Waals surface area contributed by atoms with Crippen molar-refractivity contribution in [2.75, 3.05) is 25.0 Å². The fourth-order valence-electron chi connectivity index (χ4n) is 2.52. The molecular formula is C15H20F3N2O+. The maximum absolute atomic E-state index is 12.4. The molecule has 1 heterocycles. The van der Waals surface area contributed by atoms with E-state index in [4.69, 9.17) is 0 Å². The molecule has 1 fully saturated rings. The Kier molecular flexibility index (Phi) is 4.88. The highest BCUT2D eigenvalue weighted by atomic mass is 19.4. The minimum absolute atomic E-state index is 0.153. The monoisotopic (exact) mass is 301 g/mol. The van der Waals surface area contributed by atoms with Gasteiger partial charge in [0.2, 0.25) is 0 Å². The van der Waals surface area contributed by atoms with Crippen LogP contribution in [0, 0.1) is 5.92 Å². The Hall–Kier alpha value is -1.56. The molecule has 1 aliphatic rings. The van der Waals surface area contributed by atoms with Gasteiger partial charge in [0.05, 0.1) is 18.7 Å². The normalized spacial score (nSPS) is 22.9. The highest BCUT2D eigenvalue weighted by Crippen LogP contribution is 2.29. The van der Waals surface area contributed by atoms with Crippen LogP contribution in [0.5, 0.6) is 0 Å². The highest BCUT2D eigenvalue weighted by Gasteiger charge is 2.30. The number of halogens is 3. The third-order valence-electron chi connectivity index (χ3n) is 3.89. The molecule has 0 unspecified atom stereocenters. The van der Waals surface area contributed by atoms with Crippen LogP contribution in [-0.2, 0) is 11.0 Å². The molecule has 1 amide bonds. The average molecular weight is 301 g/mol. The van der Waals surface area contributed by atoms with E-state index in [9.17, 15) is 18.0 Å². The predicted molar refractivity (Wildman–Crippen MR) is 74.0 cm³/mol. The molecule has 0 aliphatic carbocycles. The van der Waals surface area contributed by atoms with Gasteiger partial charge in [0.25, 0.3) is 5.91 Å². The second-order valence-electron chi connectivity index (χ2n) is 5.73. The van der Waals surface area contributed by atoms with E-state index < -0.39 is 11.7 Å². The lowest BCUT2D eigenvalue weighted by Gasteiger charge is -2.26. The zero-order chi connectivity index (χ0) is 15.5. The van der Waals surface area contributed by atoms with Gasteiger partial charge in [-0.05, 0) is 43.0 Å². The Bertz CT molecular complexity index is 477. The molecule has 1 aromatic carbocycles. The number of nitrogens with one attached hydrogen (secondary N) is 2. The molecule has 116 valence electrons. The molecule has 0 saturated carbocycles. The molecule has 0 bridgehead atoms. The van der Waals surface area contributed by atoms with E-state index in [-0.39, 0.29) is 5.91 Å². The summed E-state index contributed by atoms with van der Waals surface area (Å²) in [6.07, 6.45) is -2.12. The molecular weight excluding hydrogens is 281 g/mol. The van der Waals surface area contributed by atoms with Gasteiger partial charge in [-0.25, -0.2) is 0 Å². The van der Waals surface area contributed by atoms with Crippen LogP contribution in [0.3, 0.4) is 0 Å². The molecule has 2 N–H and O–H groups in total. The smallest absolute Gasteiger partial charge is 0.327 e. The summed E-state index contributed by atoms with van der Waals surface area (Å²) in [4.78, 5) is 13.1. The topological polar surface area (TPSA) is 33.5 Å². The number of hydrogen-bond donors (Lipinski definition) is 2. The molecule has 3 nitrogen and oxygen atoms in total. The summed E-state index contributed by atoms with van der Waals surface area (Å²) in [5, 5.41) is 2.65. The van der Waals surface area contributed by atoms with Gasteiger partial charge < -0.3 is 10.2 Å². The van der Waals surface area contributed by atoms with Crippen molar-refractivity contribution in [1.29, 1.82) is 0 Å². The number of hydrogen-bond acceptors (Lipinski definition) is 1. The summed E-state index contributed by atoms with van der Waals surface area (Å²) in [7, 11) is 0. The van der Waals surface area contributed by atoms with Crippen LogP contribution in [0.25, 0.3) is 0 Å². The van der Waals surface area contributed by atoms with E-state index in [2.05, 4.69) is 12.2 Å². The number of anilines is 1. The lowest BCUT2D eigenvalue weighted by molar-refractivity contribution is -0.897. The maximum Gasteiger partial charge on any atom is 0.416 e. The van der Waals surface area contributed by atoms with E-state index >= 15 is 0 Å². The fourth-order valence-corrected chi connectivity index (χ4v) is 2.52. The minimum Gasteiger partial charge on any atom is -0.327 e. The minimum atomic E-state index is -4.35. The number of amides is 1. The first-order valence-corrected chi connectivity index (χ1v) is 7.15. The Morgan fingerprint density at radius 3 is 2.33 bits per heavy atom. The molecule has 1 saturated heterocycles. The number of benzene rings is 1. The Labute approximate surface area is 122 Å². The summed E-state index contributed by atoms with van der Waals surface area (Å²) in [6, 6.07) is 4.53. The molecule has 6 heteroatoms. The van der Waals surface area contributed by atoms with Crippen molar-refractivity contribution >= 4 is 11.6 Å². The Morgan fingerprint density at radius 2 is 1.81 bits per heavy atom. The number of quaternary nitrogens is 1. The van der Waals surface area contributed by atoms with Crippen LogP contribution in [-0.4, -0.2) is 25.5 Å². The molecule has 1 aliphatic heterocycles. The maximum atomic E-state index is 12.4. The number of piperidine rings is 1. The van der Waals surface area contributed by atoms with Gasteiger partial charge >= 0.3 is 6.18 Å².